The van der Waals surface area contributed by atoms with E-state index in [1.807, 2.05) is 0 Å². The third-order valence-electron chi connectivity index (χ3n) is 2.25. The van der Waals surface area contributed by atoms with E-state index < -0.39 is 11.9 Å². The average molecular weight is 290 g/mol. The molecule has 1 heterocycles. The Balaban J connectivity index is 2.85. The van der Waals surface area contributed by atoms with Gasteiger partial charge in [-0.3, -0.25) is 0 Å². The molecule has 0 spiro atoms. The van der Waals surface area contributed by atoms with Gasteiger partial charge in [0.15, 0.2) is 0 Å². The molecule has 0 bridgehead atoms. The molecule has 0 aliphatic heterocycles. The quantitative estimate of drug-likeness (QED) is 0.439. The first kappa shape index (κ1) is 16.5. The van der Waals surface area contributed by atoms with Gasteiger partial charge >= 0.3 is 11.9 Å². The van der Waals surface area contributed by atoms with Gasteiger partial charge in [-0.05, 0) is 49.8 Å². The molecule has 1 aromatic rings. The van der Waals surface area contributed by atoms with Crippen molar-refractivity contribution < 1.29 is 23.5 Å². The van der Waals surface area contributed by atoms with Crippen molar-refractivity contribution in [3.05, 3.63) is 54.0 Å². The topological polar surface area (TPSA) is 65.7 Å². The van der Waals surface area contributed by atoms with E-state index in [1.54, 1.807) is 32.1 Å². The van der Waals surface area contributed by atoms with Crippen LogP contribution < -0.4 is 0 Å². The molecule has 112 valence electrons. The fourth-order valence-corrected chi connectivity index (χ4v) is 1.40. The van der Waals surface area contributed by atoms with E-state index in [0.717, 1.165) is 0 Å². The van der Waals surface area contributed by atoms with Crippen LogP contribution in [0, 0.1) is 0 Å². The van der Waals surface area contributed by atoms with Crippen molar-refractivity contribution >= 4 is 18.0 Å². The third kappa shape index (κ3) is 6.96. The summed E-state index contributed by atoms with van der Waals surface area (Å²) in [5.41, 5.74) is 0.603. The molecule has 21 heavy (non-hydrogen) atoms. The zero-order valence-corrected chi connectivity index (χ0v) is 12.1. The molecule has 5 nitrogen and oxygen atoms in total. The van der Waals surface area contributed by atoms with Gasteiger partial charge in [-0.15, -0.1) is 0 Å². The van der Waals surface area contributed by atoms with E-state index in [4.69, 9.17) is 13.9 Å². The molecule has 0 saturated heterocycles. The minimum Gasteiger partial charge on any atom is -0.465 e. The molecule has 0 amide bonds. The molecular formula is C16H18O5. The molecule has 0 unspecified atom stereocenters. The number of allylic oxidation sites excluding steroid dienone is 3. The van der Waals surface area contributed by atoms with Crippen molar-refractivity contribution in [3.8, 4) is 0 Å². The molecule has 0 radical (unpaired) electrons. The lowest BCUT2D eigenvalue weighted by atomic mass is 10.2. The predicted molar refractivity (Wildman–Crippen MR) is 78.2 cm³/mol. The zero-order chi connectivity index (χ0) is 15.5. The molecule has 0 atom stereocenters. The van der Waals surface area contributed by atoms with Gasteiger partial charge in [0.25, 0.3) is 0 Å². The highest BCUT2D eigenvalue weighted by Gasteiger charge is 1.98. The van der Waals surface area contributed by atoms with Crippen LogP contribution in [-0.2, 0) is 19.1 Å². The van der Waals surface area contributed by atoms with Crippen molar-refractivity contribution in [1.82, 2.24) is 0 Å². The molecule has 1 aromatic heterocycles. The number of ether oxygens (including phenoxy) is 2. The monoisotopic (exact) mass is 290 g/mol. The first-order valence-electron chi connectivity index (χ1n) is 6.60. The van der Waals surface area contributed by atoms with E-state index in [-0.39, 0.29) is 0 Å². The molecule has 0 N–H and O–H groups in total. The van der Waals surface area contributed by atoms with Crippen molar-refractivity contribution in [2.24, 2.45) is 0 Å². The highest BCUT2D eigenvalue weighted by Crippen LogP contribution is 2.10. The second-order valence-corrected chi connectivity index (χ2v) is 3.83. The van der Waals surface area contributed by atoms with Crippen molar-refractivity contribution in [1.29, 1.82) is 0 Å². The standard InChI is InChI=1S/C16H18O5/c1-3-19-15(17)9-7-13(8-10-16(18)20-4-2)12-14-6-5-11-21-14/h5-12H,3-4H2,1-2H3/b9-7+,10-8+. The van der Waals surface area contributed by atoms with Crippen LogP contribution in [0.4, 0.5) is 0 Å². The summed E-state index contributed by atoms with van der Waals surface area (Å²) in [6, 6.07) is 3.50. The van der Waals surface area contributed by atoms with Crippen LogP contribution in [0.1, 0.15) is 19.6 Å². The van der Waals surface area contributed by atoms with E-state index in [2.05, 4.69) is 0 Å². The molecule has 0 fully saturated rings. The summed E-state index contributed by atoms with van der Waals surface area (Å²) in [6.45, 7) is 4.07. The Bertz CT molecular complexity index is 505. The van der Waals surface area contributed by atoms with E-state index >= 15 is 0 Å². The maximum absolute atomic E-state index is 11.3. The number of furan rings is 1. The van der Waals surface area contributed by atoms with Gasteiger partial charge < -0.3 is 13.9 Å². The molecule has 0 aliphatic rings. The predicted octanol–water partition coefficient (Wildman–Crippen LogP) is 2.90. The smallest absolute Gasteiger partial charge is 0.330 e. The third-order valence-corrected chi connectivity index (χ3v) is 2.25. The van der Waals surface area contributed by atoms with Crippen LogP contribution in [0.3, 0.4) is 0 Å². The molecule has 0 aromatic carbocycles. The number of hydrogen-bond acceptors (Lipinski definition) is 5. The molecule has 5 heteroatoms. The summed E-state index contributed by atoms with van der Waals surface area (Å²) in [5.74, 6) is -0.299. The number of carbonyl (C=O) groups excluding carboxylic acids is 2. The average Bonchev–Trinajstić information content (AvgIpc) is 2.95. The summed E-state index contributed by atoms with van der Waals surface area (Å²) >= 11 is 0. The lowest BCUT2D eigenvalue weighted by Crippen LogP contribution is -2.00. The Morgan fingerprint density at radius 1 is 1.05 bits per heavy atom. The van der Waals surface area contributed by atoms with Crippen LogP contribution in [0.25, 0.3) is 6.08 Å². The van der Waals surface area contributed by atoms with Crippen LogP contribution >= 0.6 is 0 Å². The highest BCUT2D eigenvalue weighted by atomic mass is 16.5. The normalized spacial score (nSPS) is 10.8. The number of rotatable bonds is 7. The van der Waals surface area contributed by atoms with Gasteiger partial charge in [0.1, 0.15) is 5.76 Å². The minimum atomic E-state index is -0.452. The maximum Gasteiger partial charge on any atom is 0.330 e. The van der Waals surface area contributed by atoms with E-state index in [9.17, 15) is 9.59 Å². The second-order valence-electron chi connectivity index (χ2n) is 3.83. The Morgan fingerprint density at radius 2 is 1.62 bits per heavy atom. The molecule has 1 rings (SSSR count). The lowest BCUT2D eigenvalue weighted by Gasteiger charge is -1.97. The van der Waals surface area contributed by atoms with Crippen LogP contribution in [-0.4, -0.2) is 25.2 Å². The summed E-state index contributed by atoms with van der Waals surface area (Å²) in [5, 5.41) is 0. The van der Waals surface area contributed by atoms with Gasteiger partial charge in [0, 0.05) is 12.2 Å². The Kier molecular flexibility index (Phi) is 7.35. The fourth-order valence-electron chi connectivity index (χ4n) is 1.40. The summed E-state index contributed by atoms with van der Waals surface area (Å²) in [4.78, 5) is 22.6. The number of carbonyl (C=O) groups is 2. The maximum atomic E-state index is 11.3. The van der Waals surface area contributed by atoms with Crippen LogP contribution in [0.15, 0.2) is 52.7 Å². The summed E-state index contributed by atoms with van der Waals surface area (Å²) in [7, 11) is 0. The summed E-state index contributed by atoms with van der Waals surface area (Å²) < 4.78 is 14.8. The van der Waals surface area contributed by atoms with Gasteiger partial charge in [-0.1, -0.05) is 0 Å². The van der Waals surface area contributed by atoms with Gasteiger partial charge in [-0.25, -0.2) is 9.59 Å². The summed E-state index contributed by atoms with van der Waals surface area (Å²) in [6.07, 6.45) is 8.87. The van der Waals surface area contributed by atoms with E-state index in [0.29, 0.717) is 24.5 Å². The van der Waals surface area contributed by atoms with Crippen molar-refractivity contribution in [3.63, 3.8) is 0 Å². The lowest BCUT2D eigenvalue weighted by molar-refractivity contribution is -0.138. The minimum absolute atomic E-state index is 0.305. The van der Waals surface area contributed by atoms with Gasteiger partial charge in [-0.2, -0.15) is 0 Å². The Labute approximate surface area is 123 Å². The van der Waals surface area contributed by atoms with Crippen molar-refractivity contribution in [2.75, 3.05) is 13.2 Å². The van der Waals surface area contributed by atoms with Gasteiger partial charge in [0.2, 0.25) is 0 Å². The van der Waals surface area contributed by atoms with Crippen LogP contribution in [0.5, 0.6) is 0 Å². The first-order chi connectivity index (χ1) is 10.2. The number of esters is 2. The highest BCUT2D eigenvalue weighted by molar-refractivity contribution is 5.85. The number of hydrogen-bond donors (Lipinski definition) is 0. The molecule has 0 aliphatic carbocycles. The fraction of sp³-hybridized carbons (Fsp3) is 0.250. The second kappa shape index (κ2) is 9.36. The Morgan fingerprint density at radius 3 is 2.05 bits per heavy atom. The molecule has 0 saturated carbocycles. The Hall–Kier alpha value is -2.56. The van der Waals surface area contributed by atoms with Crippen molar-refractivity contribution in [2.45, 2.75) is 13.8 Å². The first-order valence-corrected chi connectivity index (χ1v) is 6.60. The van der Waals surface area contributed by atoms with E-state index in [1.165, 1.54) is 30.6 Å². The van der Waals surface area contributed by atoms with Gasteiger partial charge in [0.05, 0.1) is 19.5 Å². The van der Waals surface area contributed by atoms with Crippen LogP contribution in [0.2, 0.25) is 0 Å². The zero-order valence-electron chi connectivity index (χ0n) is 12.1. The SMILES string of the molecule is CCOC(=O)/C=C/C(=Cc1ccco1)/C=C/C(=O)OCC. The molecular weight excluding hydrogens is 272 g/mol. The largest absolute Gasteiger partial charge is 0.465 e.